The predicted octanol–water partition coefficient (Wildman–Crippen LogP) is 1.83. The fraction of sp³-hybridized carbons (Fsp3) is 0.600. The minimum absolute atomic E-state index is 0.152. The largest absolute Gasteiger partial charge is 0.392 e. The molecule has 1 aromatic carbocycles. The monoisotopic (exact) mass is 248 g/mol. The molecule has 2 rings (SSSR count). The van der Waals surface area contributed by atoms with Crippen molar-refractivity contribution < 1.29 is 5.11 Å². The van der Waals surface area contributed by atoms with Gasteiger partial charge < -0.3 is 10.0 Å². The molecule has 0 aliphatic carbocycles. The summed E-state index contributed by atoms with van der Waals surface area (Å²) in [7, 11) is 2.12. The topological polar surface area (TPSA) is 26.7 Å². The number of nitrogens with zero attached hydrogens (tertiary/aromatic N) is 2. The van der Waals surface area contributed by atoms with Crippen LogP contribution >= 0.6 is 0 Å². The molecular formula is C15H24N2O. The van der Waals surface area contributed by atoms with Gasteiger partial charge in [0.25, 0.3) is 0 Å². The van der Waals surface area contributed by atoms with Crippen molar-refractivity contribution in [2.75, 3.05) is 38.1 Å². The molecule has 0 aromatic heterocycles. The third-order valence-electron chi connectivity index (χ3n) is 3.95. The molecule has 1 fully saturated rings. The lowest BCUT2D eigenvalue weighted by Crippen LogP contribution is -2.45. The molecule has 18 heavy (non-hydrogen) atoms. The lowest BCUT2D eigenvalue weighted by atomic mass is 9.96. The van der Waals surface area contributed by atoms with Crippen LogP contribution in [0.4, 0.5) is 5.69 Å². The van der Waals surface area contributed by atoms with E-state index < -0.39 is 0 Å². The highest BCUT2D eigenvalue weighted by molar-refractivity contribution is 5.44. The van der Waals surface area contributed by atoms with Crippen molar-refractivity contribution in [3.05, 3.63) is 30.3 Å². The Bertz CT molecular complexity index is 355. The van der Waals surface area contributed by atoms with Crippen LogP contribution in [-0.4, -0.2) is 49.3 Å². The smallest absolute Gasteiger partial charge is 0.0693 e. The first kappa shape index (κ1) is 13.4. The molecule has 1 aliphatic rings. The van der Waals surface area contributed by atoms with Gasteiger partial charge >= 0.3 is 0 Å². The molecule has 1 heterocycles. The van der Waals surface area contributed by atoms with Gasteiger partial charge in [0.05, 0.1) is 6.10 Å². The maximum absolute atomic E-state index is 9.88. The Morgan fingerprint density at radius 1 is 1.33 bits per heavy atom. The number of hydrogen-bond donors (Lipinski definition) is 1. The highest BCUT2D eigenvalue weighted by Gasteiger charge is 2.23. The van der Waals surface area contributed by atoms with Crippen LogP contribution in [0.15, 0.2) is 30.3 Å². The molecule has 1 N–H and O–H groups in total. The molecule has 0 radical (unpaired) electrons. The third kappa shape index (κ3) is 3.47. The number of aliphatic hydroxyl groups is 1. The van der Waals surface area contributed by atoms with E-state index in [0.29, 0.717) is 5.92 Å². The number of anilines is 1. The Morgan fingerprint density at radius 2 is 2.06 bits per heavy atom. The van der Waals surface area contributed by atoms with Gasteiger partial charge in [-0.2, -0.15) is 0 Å². The summed E-state index contributed by atoms with van der Waals surface area (Å²) in [4.78, 5) is 4.63. The zero-order valence-corrected chi connectivity index (χ0v) is 11.4. The summed E-state index contributed by atoms with van der Waals surface area (Å²) in [6.45, 7) is 6.10. The van der Waals surface area contributed by atoms with Crippen LogP contribution in [0.3, 0.4) is 0 Å². The second kappa shape index (κ2) is 6.21. The normalized spacial score (nSPS) is 25.1. The fourth-order valence-electron chi connectivity index (χ4n) is 2.42. The van der Waals surface area contributed by atoms with Crippen molar-refractivity contribution in [3.63, 3.8) is 0 Å². The summed E-state index contributed by atoms with van der Waals surface area (Å²) < 4.78 is 0. The summed E-state index contributed by atoms with van der Waals surface area (Å²) in [6.07, 6.45) is 0.955. The highest BCUT2D eigenvalue weighted by Crippen LogP contribution is 2.17. The number of para-hydroxylation sites is 1. The van der Waals surface area contributed by atoms with Gasteiger partial charge in [-0.3, -0.25) is 4.90 Å². The number of benzene rings is 1. The molecule has 1 aromatic rings. The van der Waals surface area contributed by atoms with Crippen LogP contribution in [0.2, 0.25) is 0 Å². The van der Waals surface area contributed by atoms with Crippen molar-refractivity contribution in [2.24, 2.45) is 5.92 Å². The van der Waals surface area contributed by atoms with E-state index >= 15 is 0 Å². The number of β-amino-alcohol motifs (C(OH)–C–C–N with tert-alkyl or cyclic N) is 1. The van der Waals surface area contributed by atoms with Crippen LogP contribution in [-0.2, 0) is 0 Å². The maximum atomic E-state index is 9.88. The van der Waals surface area contributed by atoms with Gasteiger partial charge in [-0.15, -0.1) is 0 Å². The highest BCUT2D eigenvalue weighted by atomic mass is 16.3. The zero-order chi connectivity index (χ0) is 13.0. The van der Waals surface area contributed by atoms with E-state index in [2.05, 4.69) is 48.0 Å². The second-order valence-corrected chi connectivity index (χ2v) is 5.39. The number of aliphatic hydroxyl groups excluding tert-OH is 1. The van der Waals surface area contributed by atoms with Gasteiger partial charge in [0, 0.05) is 32.4 Å². The van der Waals surface area contributed by atoms with Gasteiger partial charge in [-0.1, -0.05) is 25.1 Å². The number of hydrogen-bond acceptors (Lipinski definition) is 3. The molecule has 2 unspecified atom stereocenters. The number of likely N-dealkylation sites (N-methyl/N-ethyl adjacent to an activating group) is 1. The predicted molar refractivity (Wildman–Crippen MR) is 75.9 cm³/mol. The van der Waals surface area contributed by atoms with Gasteiger partial charge in [-0.25, -0.2) is 0 Å². The molecule has 0 bridgehead atoms. The molecule has 0 saturated carbocycles. The quantitative estimate of drug-likeness (QED) is 0.880. The van der Waals surface area contributed by atoms with Crippen molar-refractivity contribution >= 4 is 5.69 Å². The Morgan fingerprint density at radius 3 is 2.72 bits per heavy atom. The molecule has 3 nitrogen and oxygen atoms in total. The number of rotatable bonds is 4. The second-order valence-electron chi connectivity index (χ2n) is 5.39. The standard InChI is InChI=1S/C15H24N2O/c1-13-8-9-17(12-15(13)18)11-10-16(2)14-6-4-3-5-7-14/h3-7,13,15,18H,8-12H2,1-2H3. The molecule has 1 saturated heterocycles. The Labute approximate surface area is 110 Å². The van der Waals surface area contributed by atoms with Crippen molar-refractivity contribution in [1.82, 2.24) is 4.90 Å². The summed E-state index contributed by atoms with van der Waals surface area (Å²) in [5.41, 5.74) is 1.25. The van der Waals surface area contributed by atoms with Crippen molar-refractivity contribution in [3.8, 4) is 0 Å². The van der Waals surface area contributed by atoms with E-state index in [1.165, 1.54) is 5.69 Å². The Kier molecular flexibility index (Phi) is 4.61. The average molecular weight is 248 g/mol. The molecule has 0 spiro atoms. The molecular weight excluding hydrogens is 224 g/mol. The minimum atomic E-state index is -0.152. The maximum Gasteiger partial charge on any atom is 0.0693 e. The van der Waals surface area contributed by atoms with E-state index in [0.717, 1.165) is 32.6 Å². The van der Waals surface area contributed by atoms with E-state index in [1.807, 2.05) is 6.07 Å². The summed E-state index contributed by atoms with van der Waals surface area (Å²) in [6, 6.07) is 10.4. The van der Waals surface area contributed by atoms with Crippen LogP contribution in [0.1, 0.15) is 13.3 Å². The SMILES string of the molecule is CC1CCN(CCN(C)c2ccccc2)CC1O. The lowest BCUT2D eigenvalue weighted by Gasteiger charge is -2.35. The zero-order valence-electron chi connectivity index (χ0n) is 11.4. The van der Waals surface area contributed by atoms with Gasteiger partial charge in [0.1, 0.15) is 0 Å². The van der Waals surface area contributed by atoms with E-state index in [4.69, 9.17) is 0 Å². The van der Waals surface area contributed by atoms with Crippen LogP contribution in [0, 0.1) is 5.92 Å². The van der Waals surface area contributed by atoms with Crippen LogP contribution in [0.25, 0.3) is 0 Å². The Hall–Kier alpha value is -1.06. The van der Waals surface area contributed by atoms with Gasteiger partial charge in [0.2, 0.25) is 0 Å². The Balaban J connectivity index is 1.78. The lowest BCUT2D eigenvalue weighted by molar-refractivity contribution is 0.0305. The number of piperidine rings is 1. The van der Waals surface area contributed by atoms with Gasteiger partial charge in [0.15, 0.2) is 0 Å². The summed E-state index contributed by atoms with van der Waals surface area (Å²) in [5.74, 6) is 0.452. The molecule has 100 valence electrons. The first-order valence-electron chi connectivity index (χ1n) is 6.83. The van der Waals surface area contributed by atoms with Gasteiger partial charge in [-0.05, 0) is 31.0 Å². The first-order valence-corrected chi connectivity index (χ1v) is 6.83. The average Bonchev–Trinajstić information content (AvgIpc) is 2.41. The molecule has 3 heteroatoms. The van der Waals surface area contributed by atoms with Crippen LogP contribution < -0.4 is 4.90 Å². The van der Waals surface area contributed by atoms with Crippen molar-refractivity contribution in [1.29, 1.82) is 0 Å². The van der Waals surface area contributed by atoms with Crippen LogP contribution in [0.5, 0.6) is 0 Å². The first-order chi connectivity index (χ1) is 8.66. The minimum Gasteiger partial charge on any atom is -0.392 e. The number of likely N-dealkylation sites (tertiary alicyclic amines) is 1. The molecule has 0 amide bonds. The van der Waals surface area contributed by atoms with E-state index in [9.17, 15) is 5.11 Å². The van der Waals surface area contributed by atoms with Crippen molar-refractivity contribution in [2.45, 2.75) is 19.4 Å². The summed E-state index contributed by atoms with van der Waals surface area (Å²) in [5, 5.41) is 9.88. The summed E-state index contributed by atoms with van der Waals surface area (Å²) >= 11 is 0. The molecule has 2 atom stereocenters. The van der Waals surface area contributed by atoms with E-state index in [-0.39, 0.29) is 6.10 Å². The fourth-order valence-corrected chi connectivity index (χ4v) is 2.42. The van der Waals surface area contributed by atoms with E-state index in [1.54, 1.807) is 0 Å². The third-order valence-corrected chi connectivity index (χ3v) is 3.95. The molecule has 1 aliphatic heterocycles.